The second-order valence-corrected chi connectivity index (χ2v) is 7.58. The van der Waals surface area contributed by atoms with Crippen LogP contribution in [0, 0.1) is 23.1 Å². The molecule has 0 spiro atoms. The molecule has 0 aliphatic carbocycles. The highest BCUT2D eigenvalue weighted by Gasteiger charge is 2.36. The van der Waals surface area contributed by atoms with Crippen molar-refractivity contribution in [1.82, 2.24) is 4.31 Å². The Hall–Kier alpha value is -1.49. The van der Waals surface area contributed by atoms with Crippen molar-refractivity contribution in [1.29, 1.82) is 5.26 Å². The van der Waals surface area contributed by atoms with Crippen LogP contribution in [0.25, 0.3) is 0 Å². The lowest BCUT2D eigenvalue weighted by molar-refractivity contribution is 0.113. The van der Waals surface area contributed by atoms with Crippen LogP contribution in [0.1, 0.15) is 30.9 Å². The van der Waals surface area contributed by atoms with Gasteiger partial charge in [-0.25, -0.2) is 12.8 Å². The molecule has 1 aromatic carbocycles. The summed E-state index contributed by atoms with van der Waals surface area (Å²) < 4.78 is 40.3. The summed E-state index contributed by atoms with van der Waals surface area (Å²) >= 11 is 0. The molecule has 1 aliphatic rings. The molecule has 7 heteroatoms. The van der Waals surface area contributed by atoms with E-state index >= 15 is 0 Å². The predicted molar refractivity (Wildman–Crippen MR) is 79.7 cm³/mol. The molecule has 2 unspecified atom stereocenters. The first kappa shape index (κ1) is 16.9. The van der Waals surface area contributed by atoms with E-state index in [1.54, 1.807) is 0 Å². The van der Waals surface area contributed by atoms with E-state index in [-0.39, 0.29) is 23.7 Å². The van der Waals surface area contributed by atoms with Crippen LogP contribution in [-0.2, 0) is 15.8 Å². The van der Waals surface area contributed by atoms with Gasteiger partial charge in [0, 0.05) is 12.1 Å². The maximum atomic E-state index is 13.8. The number of benzene rings is 1. The summed E-state index contributed by atoms with van der Waals surface area (Å²) in [5.41, 5.74) is 0.200. The molecule has 0 radical (unpaired) electrons. The Labute approximate surface area is 130 Å². The van der Waals surface area contributed by atoms with E-state index in [1.165, 1.54) is 16.4 Å². The standard InChI is InChI=1S/C15H19FN2O3S/c1-11-3-2-6-18(15(11)9-19)22(20,21)10-13-7-12(8-17)4-5-14(13)16/h4-5,7,11,15,19H,2-3,6,9-10H2,1H3. The van der Waals surface area contributed by atoms with E-state index in [2.05, 4.69) is 0 Å². The van der Waals surface area contributed by atoms with Gasteiger partial charge in [-0.1, -0.05) is 6.92 Å². The number of hydrogen-bond donors (Lipinski definition) is 1. The van der Waals surface area contributed by atoms with E-state index in [4.69, 9.17) is 5.26 Å². The van der Waals surface area contributed by atoms with E-state index < -0.39 is 27.6 Å². The third-order valence-corrected chi connectivity index (χ3v) is 5.97. The van der Waals surface area contributed by atoms with Gasteiger partial charge in [-0.05, 0) is 37.0 Å². The summed E-state index contributed by atoms with van der Waals surface area (Å²) in [7, 11) is -3.75. The highest BCUT2D eigenvalue weighted by molar-refractivity contribution is 7.88. The zero-order valence-corrected chi connectivity index (χ0v) is 13.2. The van der Waals surface area contributed by atoms with Crippen LogP contribution in [0.5, 0.6) is 0 Å². The molecule has 120 valence electrons. The predicted octanol–water partition coefficient (Wildman–Crippen LogP) is 1.62. The van der Waals surface area contributed by atoms with Crippen molar-refractivity contribution in [2.75, 3.05) is 13.2 Å². The third kappa shape index (κ3) is 3.46. The molecule has 1 N–H and O–H groups in total. The Morgan fingerprint density at radius 3 is 2.86 bits per heavy atom. The zero-order chi connectivity index (χ0) is 16.3. The second-order valence-electron chi connectivity index (χ2n) is 5.65. The number of sulfonamides is 1. The van der Waals surface area contributed by atoms with Gasteiger partial charge in [-0.3, -0.25) is 0 Å². The number of nitrogens with zero attached hydrogens (tertiary/aromatic N) is 2. The minimum Gasteiger partial charge on any atom is -0.395 e. The Bertz CT molecular complexity index is 685. The van der Waals surface area contributed by atoms with Gasteiger partial charge in [0.25, 0.3) is 0 Å². The number of piperidine rings is 1. The smallest absolute Gasteiger partial charge is 0.218 e. The van der Waals surface area contributed by atoms with Crippen LogP contribution in [0.4, 0.5) is 4.39 Å². The van der Waals surface area contributed by atoms with Gasteiger partial charge in [0.2, 0.25) is 10.0 Å². The topological polar surface area (TPSA) is 81.4 Å². The van der Waals surface area contributed by atoms with Crippen LogP contribution >= 0.6 is 0 Å². The molecule has 2 atom stereocenters. The molecule has 1 aliphatic heterocycles. The van der Waals surface area contributed by atoms with Crippen LogP contribution in [0.15, 0.2) is 18.2 Å². The third-order valence-electron chi connectivity index (χ3n) is 4.12. The highest BCUT2D eigenvalue weighted by Crippen LogP contribution is 2.27. The van der Waals surface area contributed by atoms with Crippen molar-refractivity contribution >= 4 is 10.0 Å². The Morgan fingerprint density at radius 1 is 1.50 bits per heavy atom. The molecule has 1 heterocycles. The largest absolute Gasteiger partial charge is 0.395 e. The lowest BCUT2D eigenvalue weighted by Crippen LogP contribution is -2.49. The highest BCUT2D eigenvalue weighted by atomic mass is 32.2. The molecule has 2 rings (SSSR count). The molecule has 0 bridgehead atoms. The normalized spacial score (nSPS) is 23.2. The van der Waals surface area contributed by atoms with Gasteiger partial charge in [0.05, 0.1) is 30.0 Å². The number of nitriles is 1. The molecule has 0 amide bonds. The van der Waals surface area contributed by atoms with E-state index in [0.29, 0.717) is 6.54 Å². The Kier molecular flexibility index (Phi) is 5.16. The van der Waals surface area contributed by atoms with Gasteiger partial charge in [-0.15, -0.1) is 0 Å². The van der Waals surface area contributed by atoms with E-state index in [0.717, 1.165) is 18.9 Å². The van der Waals surface area contributed by atoms with Crippen LogP contribution in [0.2, 0.25) is 0 Å². The average molecular weight is 326 g/mol. The quantitative estimate of drug-likeness (QED) is 0.911. The van der Waals surface area contributed by atoms with Crippen molar-refractivity contribution in [3.8, 4) is 6.07 Å². The second kappa shape index (κ2) is 6.73. The maximum Gasteiger partial charge on any atom is 0.218 e. The fourth-order valence-corrected chi connectivity index (χ4v) is 4.74. The van der Waals surface area contributed by atoms with Crippen molar-refractivity contribution in [2.24, 2.45) is 5.92 Å². The van der Waals surface area contributed by atoms with Gasteiger partial charge in [0.1, 0.15) is 5.82 Å². The molecule has 0 saturated carbocycles. The average Bonchev–Trinajstić information content (AvgIpc) is 2.49. The fraction of sp³-hybridized carbons (Fsp3) is 0.533. The molecule has 1 fully saturated rings. The van der Waals surface area contributed by atoms with Crippen LogP contribution in [-0.4, -0.2) is 37.0 Å². The van der Waals surface area contributed by atoms with Crippen molar-refractivity contribution in [3.05, 3.63) is 35.1 Å². The van der Waals surface area contributed by atoms with Crippen molar-refractivity contribution < 1.29 is 17.9 Å². The number of aliphatic hydroxyl groups is 1. The van der Waals surface area contributed by atoms with Crippen LogP contribution < -0.4 is 0 Å². The molecule has 0 aromatic heterocycles. The minimum absolute atomic E-state index is 0.0195. The summed E-state index contributed by atoms with van der Waals surface area (Å²) in [5, 5.41) is 18.3. The van der Waals surface area contributed by atoms with Gasteiger partial charge >= 0.3 is 0 Å². The summed E-state index contributed by atoms with van der Waals surface area (Å²) in [4.78, 5) is 0. The summed E-state index contributed by atoms with van der Waals surface area (Å²) in [6.45, 7) is 1.98. The minimum atomic E-state index is -3.75. The van der Waals surface area contributed by atoms with E-state index in [1.807, 2.05) is 13.0 Å². The SMILES string of the molecule is CC1CCCN(S(=O)(=O)Cc2cc(C#N)ccc2F)C1CO. The first-order valence-corrected chi connectivity index (χ1v) is 8.79. The van der Waals surface area contributed by atoms with Crippen LogP contribution in [0.3, 0.4) is 0 Å². The Balaban J connectivity index is 2.29. The lowest BCUT2D eigenvalue weighted by Gasteiger charge is -2.37. The first-order chi connectivity index (χ1) is 10.4. The van der Waals surface area contributed by atoms with Gasteiger partial charge in [-0.2, -0.15) is 9.57 Å². The number of aliphatic hydroxyl groups excluding tert-OH is 1. The van der Waals surface area contributed by atoms with Crippen molar-refractivity contribution in [3.63, 3.8) is 0 Å². The molecule has 5 nitrogen and oxygen atoms in total. The van der Waals surface area contributed by atoms with Gasteiger partial charge in [0.15, 0.2) is 0 Å². The monoisotopic (exact) mass is 326 g/mol. The number of hydrogen-bond acceptors (Lipinski definition) is 4. The number of halogens is 1. The number of rotatable bonds is 4. The maximum absolute atomic E-state index is 13.8. The molecule has 1 saturated heterocycles. The summed E-state index contributed by atoms with van der Waals surface area (Å²) in [6.07, 6.45) is 1.58. The summed E-state index contributed by atoms with van der Waals surface area (Å²) in [6, 6.07) is 5.07. The fourth-order valence-electron chi connectivity index (χ4n) is 2.86. The van der Waals surface area contributed by atoms with Gasteiger partial charge < -0.3 is 5.11 Å². The molecular weight excluding hydrogens is 307 g/mol. The zero-order valence-electron chi connectivity index (χ0n) is 12.4. The molecular formula is C15H19FN2O3S. The first-order valence-electron chi connectivity index (χ1n) is 7.18. The van der Waals surface area contributed by atoms with Crippen molar-refractivity contribution in [2.45, 2.75) is 31.6 Å². The molecule has 22 heavy (non-hydrogen) atoms. The molecule has 1 aromatic rings. The lowest BCUT2D eigenvalue weighted by atomic mass is 9.93. The summed E-state index contributed by atoms with van der Waals surface area (Å²) in [5.74, 6) is -1.09. The Morgan fingerprint density at radius 2 is 2.23 bits per heavy atom. The van der Waals surface area contributed by atoms with E-state index in [9.17, 15) is 17.9 Å².